The largest absolute Gasteiger partial charge is 0.507 e. The minimum Gasteiger partial charge on any atom is -0.507 e. The van der Waals surface area contributed by atoms with Gasteiger partial charge in [0.2, 0.25) is 5.91 Å². The minimum absolute atomic E-state index is 0.0428. The molecule has 0 radical (unpaired) electrons. The van der Waals surface area contributed by atoms with Gasteiger partial charge in [-0.25, -0.2) is 5.43 Å². The maximum absolute atomic E-state index is 12.9. The molecule has 0 aliphatic rings. The van der Waals surface area contributed by atoms with Crippen LogP contribution in [0.1, 0.15) is 82.7 Å². The molecule has 0 unspecified atom stereocenters. The summed E-state index contributed by atoms with van der Waals surface area (Å²) in [5, 5.41) is 15.0. The molecule has 0 aliphatic heterocycles. The second-order valence-electron chi connectivity index (χ2n) is 12.4. The molecule has 0 aromatic heterocycles. The Kier molecular flexibility index (Phi) is 10.9. The molecule has 232 valence electrons. The quantitative estimate of drug-likeness (QED) is 0.0996. The van der Waals surface area contributed by atoms with Crippen molar-refractivity contribution in [1.82, 2.24) is 5.43 Å². The van der Waals surface area contributed by atoms with Gasteiger partial charge in [0.25, 0.3) is 0 Å². The molecule has 0 atom stereocenters. The van der Waals surface area contributed by atoms with Gasteiger partial charge in [-0.05, 0) is 100 Å². The average molecular weight is 721 g/mol. The van der Waals surface area contributed by atoms with E-state index in [0.29, 0.717) is 27.9 Å². The number of nitrogens with one attached hydrogen (secondary N) is 1. The summed E-state index contributed by atoms with van der Waals surface area (Å²) in [7, 11) is -4.08. The highest BCUT2D eigenvalue weighted by molar-refractivity contribution is 14.1. The van der Waals surface area contributed by atoms with Gasteiger partial charge in [-0.15, -0.1) is 0 Å². The molecule has 0 spiro atoms. The monoisotopic (exact) mass is 720 g/mol. The van der Waals surface area contributed by atoms with Crippen molar-refractivity contribution < 1.29 is 27.2 Å². The number of ether oxygens (including phenoxy) is 1. The van der Waals surface area contributed by atoms with Crippen LogP contribution >= 0.6 is 22.6 Å². The number of nitrogens with zero attached hydrogens (tertiary/aromatic N) is 1. The molecule has 3 rings (SSSR count). The Morgan fingerprint density at radius 2 is 1.58 bits per heavy atom. The highest BCUT2D eigenvalue weighted by Crippen LogP contribution is 2.40. The van der Waals surface area contributed by atoms with Crippen LogP contribution in [0.5, 0.6) is 17.2 Å². The normalized spacial score (nSPS) is 12.4. The van der Waals surface area contributed by atoms with Gasteiger partial charge < -0.3 is 14.0 Å². The van der Waals surface area contributed by atoms with Gasteiger partial charge in [-0.3, -0.25) is 4.79 Å². The van der Waals surface area contributed by atoms with Gasteiger partial charge in [-0.2, -0.15) is 13.5 Å². The topological polar surface area (TPSA) is 114 Å². The third kappa shape index (κ3) is 9.18. The maximum Gasteiger partial charge on any atom is 0.339 e. The lowest BCUT2D eigenvalue weighted by molar-refractivity contribution is -0.121. The molecule has 0 saturated heterocycles. The number of hydrogen-bond acceptors (Lipinski definition) is 7. The fourth-order valence-corrected chi connectivity index (χ4v) is 6.19. The lowest BCUT2D eigenvalue weighted by atomic mass is 9.78. The second-order valence-corrected chi connectivity index (χ2v) is 15.2. The summed E-state index contributed by atoms with van der Waals surface area (Å²) < 4.78 is 37.5. The van der Waals surface area contributed by atoms with Gasteiger partial charge in [0, 0.05) is 6.42 Å². The van der Waals surface area contributed by atoms with E-state index >= 15 is 0 Å². The smallest absolute Gasteiger partial charge is 0.339 e. The summed E-state index contributed by atoms with van der Waals surface area (Å²) in [6, 6.07) is 13.6. The van der Waals surface area contributed by atoms with Crippen molar-refractivity contribution in [2.24, 2.45) is 5.10 Å². The number of rotatable bonds is 10. The first-order chi connectivity index (χ1) is 19.9. The molecule has 3 aromatic rings. The molecule has 1 amide bonds. The second kappa shape index (κ2) is 13.7. The summed E-state index contributed by atoms with van der Waals surface area (Å²) in [4.78, 5) is 12.7. The molecule has 0 bridgehead atoms. The van der Waals surface area contributed by atoms with Gasteiger partial charge in [0.15, 0.2) is 11.5 Å². The summed E-state index contributed by atoms with van der Waals surface area (Å²) in [6.45, 7) is 16.3. The van der Waals surface area contributed by atoms with Crippen molar-refractivity contribution >= 4 is 44.8 Å². The molecule has 0 aliphatic carbocycles. The van der Waals surface area contributed by atoms with Crippen LogP contribution < -0.4 is 14.3 Å². The number of amides is 1. The Morgan fingerprint density at radius 3 is 2.12 bits per heavy atom. The van der Waals surface area contributed by atoms with Gasteiger partial charge in [0.05, 0.1) is 16.4 Å². The number of benzene rings is 3. The first-order valence-corrected chi connectivity index (χ1v) is 16.6. The Hall–Kier alpha value is -3.12. The van der Waals surface area contributed by atoms with Crippen LogP contribution in [0.3, 0.4) is 0 Å². The van der Waals surface area contributed by atoms with E-state index in [1.165, 1.54) is 18.3 Å². The molecule has 10 heteroatoms. The lowest BCUT2D eigenvalue weighted by Gasteiger charge is -2.28. The lowest BCUT2D eigenvalue weighted by Crippen LogP contribution is -2.20. The third-order valence-electron chi connectivity index (χ3n) is 6.66. The molecule has 0 heterocycles. The van der Waals surface area contributed by atoms with Crippen LogP contribution in [0, 0.1) is 10.5 Å². The Labute approximate surface area is 269 Å². The SMILES string of the molecule is CCOc1cc(/C=N\NC(=O)CCc2cc(C(C)(C)C)c(O)c(C(C)(C)C)c2)cc(I)c1OS(=O)(=O)c1ccc(C)cc1. The maximum atomic E-state index is 12.9. The van der Waals surface area contributed by atoms with E-state index < -0.39 is 10.1 Å². The van der Waals surface area contributed by atoms with E-state index in [1.54, 1.807) is 31.2 Å². The molecule has 43 heavy (non-hydrogen) atoms. The van der Waals surface area contributed by atoms with Crippen molar-refractivity contribution in [1.29, 1.82) is 0 Å². The summed E-state index contributed by atoms with van der Waals surface area (Å²) in [6.07, 6.45) is 2.17. The van der Waals surface area contributed by atoms with E-state index in [2.05, 4.69) is 52.1 Å². The van der Waals surface area contributed by atoms with E-state index in [9.17, 15) is 18.3 Å². The Balaban J connectivity index is 1.73. The van der Waals surface area contributed by atoms with Crippen molar-refractivity contribution in [3.8, 4) is 17.2 Å². The minimum atomic E-state index is -4.08. The number of carbonyl (C=O) groups excluding carboxylic acids is 1. The number of aromatic hydroxyl groups is 1. The van der Waals surface area contributed by atoms with E-state index in [1.807, 2.05) is 41.6 Å². The number of hydrogen-bond donors (Lipinski definition) is 2. The zero-order chi connectivity index (χ0) is 32.2. The summed E-state index contributed by atoms with van der Waals surface area (Å²) in [5.74, 6) is 0.377. The number of carbonyl (C=O) groups is 1. The van der Waals surface area contributed by atoms with Crippen molar-refractivity contribution in [3.05, 3.63) is 79.9 Å². The third-order valence-corrected chi connectivity index (χ3v) is 8.70. The number of phenols is 1. The van der Waals surface area contributed by atoms with Crippen molar-refractivity contribution in [2.45, 2.75) is 84.0 Å². The van der Waals surface area contributed by atoms with Gasteiger partial charge >= 0.3 is 10.1 Å². The molecule has 0 fully saturated rings. The molecule has 0 saturated carbocycles. The van der Waals surface area contributed by atoms with Crippen molar-refractivity contribution in [3.63, 3.8) is 0 Å². The number of hydrazone groups is 1. The Morgan fingerprint density at radius 1 is 1.00 bits per heavy atom. The first-order valence-electron chi connectivity index (χ1n) is 14.1. The van der Waals surface area contributed by atoms with E-state index in [0.717, 1.165) is 22.3 Å². The van der Waals surface area contributed by atoms with Crippen LogP contribution in [-0.2, 0) is 32.2 Å². The van der Waals surface area contributed by atoms with E-state index in [4.69, 9.17) is 8.92 Å². The van der Waals surface area contributed by atoms with Crippen LogP contribution in [0.25, 0.3) is 0 Å². The molecule has 2 N–H and O–H groups in total. The number of phenolic OH excluding ortho intramolecular Hbond substituents is 1. The molecular formula is C33H41IN2O6S. The predicted molar refractivity (Wildman–Crippen MR) is 179 cm³/mol. The van der Waals surface area contributed by atoms with Crippen LogP contribution in [0.15, 0.2) is 58.5 Å². The summed E-state index contributed by atoms with van der Waals surface area (Å²) >= 11 is 1.98. The molecule has 3 aromatic carbocycles. The summed E-state index contributed by atoms with van der Waals surface area (Å²) in [5.41, 5.74) is 6.26. The van der Waals surface area contributed by atoms with Crippen LogP contribution in [0.4, 0.5) is 0 Å². The molecular weight excluding hydrogens is 679 g/mol. The fraction of sp³-hybridized carbons (Fsp3) is 0.394. The number of aryl methyl sites for hydroxylation is 2. The van der Waals surface area contributed by atoms with Crippen molar-refractivity contribution in [2.75, 3.05) is 6.61 Å². The first kappa shape index (κ1) is 34.4. The Bertz CT molecular complexity index is 1570. The molecule has 8 nitrogen and oxygen atoms in total. The van der Waals surface area contributed by atoms with Gasteiger partial charge in [-0.1, -0.05) is 71.4 Å². The zero-order valence-corrected chi connectivity index (χ0v) is 29.0. The highest BCUT2D eigenvalue weighted by atomic mass is 127. The highest BCUT2D eigenvalue weighted by Gasteiger charge is 2.27. The van der Waals surface area contributed by atoms with Crippen LogP contribution in [-0.4, -0.2) is 32.3 Å². The number of halogens is 1. The van der Waals surface area contributed by atoms with E-state index in [-0.39, 0.29) is 39.6 Å². The van der Waals surface area contributed by atoms with Crippen LogP contribution in [0.2, 0.25) is 0 Å². The fourth-order valence-electron chi connectivity index (χ4n) is 4.34. The predicted octanol–water partition coefficient (Wildman–Crippen LogP) is 7.15. The standard InChI is InChI=1S/C33H41IN2O6S/c1-9-41-28-19-23(18-27(34)31(28)42-43(39,40)24-13-10-21(2)11-14-24)20-35-36-29(37)15-12-22-16-25(32(3,4)5)30(38)26(17-22)33(6,7)8/h10-11,13-14,16-20,38H,9,12,15H2,1-8H3,(H,36,37)/b35-20-. The zero-order valence-electron chi connectivity index (χ0n) is 26.0. The van der Waals surface area contributed by atoms with Gasteiger partial charge in [0.1, 0.15) is 10.6 Å². The average Bonchev–Trinajstić information content (AvgIpc) is 2.89.